The Bertz CT molecular complexity index is 1010. The fourth-order valence-electron chi connectivity index (χ4n) is 2.75. The maximum atomic E-state index is 12.6. The van der Waals surface area contributed by atoms with E-state index >= 15 is 0 Å². The Morgan fingerprint density at radius 1 is 1.26 bits per heavy atom. The van der Waals surface area contributed by atoms with Crippen LogP contribution in [0.3, 0.4) is 0 Å². The number of hydrogen-bond acceptors (Lipinski definition) is 6. The van der Waals surface area contributed by atoms with Crippen LogP contribution < -0.4 is 16.5 Å². The van der Waals surface area contributed by atoms with Gasteiger partial charge in [-0.2, -0.15) is 4.98 Å². The Kier molecular flexibility index (Phi) is 5.46. The fourth-order valence-corrected chi connectivity index (χ4v) is 2.75. The van der Waals surface area contributed by atoms with Gasteiger partial charge in [0.05, 0.1) is 5.39 Å². The van der Waals surface area contributed by atoms with Gasteiger partial charge in [-0.15, -0.1) is 0 Å². The second-order valence-corrected chi connectivity index (χ2v) is 6.46. The smallest absolute Gasteiger partial charge is 0.254 e. The number of nitrogens with two attached hydrogens (primary N) is 1. The molecule has 3 aromatic rings. The topological polar surface area (TPSA) is 106 Å². The molecule has 0 saturated heterocycles. The molecular formula is C19H22N6O2. The van der Waals surface area contributed by atoms with Gasteiger partial charge >= 0.3 is 0 Å². The normalized spacial score (nSPS) is 11.1. The number of carbonyl (C=O) groups excluding carboxylic acids is 1. The van der Waals surface area contributed by atoms with Gasteiger partial charge < -0.3 is 20.5 Å². The summed E-state index contributed by atoms with van der Waals surface area (Å²) >= 11 is 0. The fraction of sp³-hybridized carbons (Fsp3) is 0.263. The van der Waals surface area contributed by atoms with Crippen LogP contribution in [0.5, 0.6) is 0 Å². The molecule has 0 unspecified atom stereocenters. The van der Waals surface area contributed by atoms with Gasteiger partial charge in [-0.1, -0.05) is 18.2 Å². The van der Waals surface area contributed by atoms with Crippen molar-refractivity contribution >= 4 is 22.9 Å². The van der Waals surface area contributed by atoms with Crippen LogP contribution in [-0.4, -0.2) is 52.5 Å². The third-order valence-corrected chi connectivity index (χ3v) is 4.11. The lowest BCUT2D eigenvalue weighted by Gasteiger charge is -2.13. The summed E-state index contributed by atoms with van der Waals surface area (Å²) in [5, 5.41) is 3.42. The Morgan fingerprint density at radius 2 is 2.00 bits per heavy atom. The van der Waals surface area contributed by atoms with Crippen molar-refractivity contribution in [3.63, 3.8) is 0 Å². The van der Waals surface area contributed by atoms with Crippen molar-refractivity contribution in [1.29, 1.82) is 0 Å². The minimum Gasteiger partial charge on any atom is -0.365 e. The molecule has 0 atom stereocenters. The number of hydrogen-bond donors (Lipinski definition) is 2. The Balaban J connectivity index is 2.07. The molecule has 8 nitrogen and oxygen atoms in total. The molecule has 27 heavy (non-hydrogen) atoms. The zero-order chi connectivity index (χ0) is 19.4. The molecular weight excluding hydrogens is 344 g/mol. The SMILES string of the molecule is CN(C)CCCNc1ncc2c(=O)c(C(N)=O)cn(-c3ccccc3)c2n1. The van der Waals surface area contributed by atoms with E-state index in [1.165, 1.54) is 12.4 Å². The lowest BCUT2D eigenvalue weighted by atomic mass is 10.2. The molecule has 0 fully saturated rings. The maximum Gasteiger partial charge on any atom is 0.254 e. The van der Waals surface area contributed by atoms with E-state index in [0.29, 0.717) is 18.1 Å². The average Bonchev–Trinajstić information content (AvgIpc) is 2.66. The molecule has 2 aromatic heterocycles. The van der Waals surface area contributed by atoms with Gasteiger partial charge in [0, 0.05) is 24.6 Å². The van der Waals surface area contributed by atoms with Crippen molar-refractivity contribution in [2.75, 3.05) is 32.5 Å². The molecule has 2 heterocycles. The van der Waals surface area contributed by atoms with E-state index in [1.807, 2.05) is 44.4 Å². The first-order valence-electron chi connectivity index (χ1n) is 8.63. The standard InChI is InChI=1S/C19H22N6O2/c1-24(2)10-6-9-21-19-22-11-14-16(26)15(17(20)27)12-25(18(14)23-19)13-7-4-3-5-8-13/h3-5,7-8,11-12H,6,9-10H2,1-2H3,(H2,20,27)(H,21,22,23). The van der Waals surface area contributed by atoms with Crippen LogP contribution >= 0.6 is 0 Å². The Hall–Kier alpha value is -3.26. The molecule has 0 bridgehead atoms. The van der Waals surface area contributed by atoms with Crippen molar-refractivity contribution in [3.8, 4) is 5.69 Å². The van der Waals surface area contributed by atoms with Crippen molar-refractivity contribution in [2.24, 2.45) is 5.73 Å². The van der Waals surface area contributed by atoms with Crippen molar-refractivity contribution in [3.05, 3.63) is 58.5 Å². The van der Waals surface area contributed by atoms with Gasteiger partial charge in [-0.25, -0.2) is 4.98 Å². The third kappa shape index (κ3) is 4.12. The van der Waals surface area contributed by atoms with E-state index in [9.17, 15) is 9.59 Å². The van der Waals surface area contributed by atoms with Crippen LogP contribution in [0.15, 0.2) is 47.5 Å². The highest BCUT2D eigenvalue weighted by Crippen LogP contribution is 2.16. The van der Waals surface area contributed by atoms with Crippen LogP contribution in [-0.2, 0) is 0 Å². The summed E-state index contributed by atoms with van der Waals surface area (Å²) in [7, 11) is 4.03. The number of rotatable bonds is 7. The largest absolute Gasteiger partial charge is 0.365 e. The first kappa shape index (κ1) is 18.5. The van der Waals surface area contributed by atoms with Crippen LogP contribution in [0.25, 0.3) is 16.7 Å². The zero-order valence-corrected chi connectivity index (χ0v) is 15.3. The molecule has 8 heteroatoms. The molecule has 1 aromatic carbocycles. The first-order valence-corrected chi connectivity index (χ1v) is 8.63. The maximum absolute atomic E-state index is 12.6. The number of primary amides is 1. The number of carbonyl (C=O) groups is 1. The van der Waals surface area contributed by atoms with Gasteiger partial charge in [0.15, 0.2) is 5.65 Å². The summed E-state index contributed by atoms with van der Waals surface area (Å²) in [6, 6.07) is 9.34. The summed E-state index contributed by atoms with van der Waals surface area (Å²) in [6.07, 6.45) is 3.80. The number of anilines is 1. The summed E-state index contributed by atoms with van der Waals surface area (Å²) < 4.78 is 1.68. The predicted molar refractivity (Wildman–Crippen MR) is 105 cm³/mol. The number of nitrogens with zero attached hydrogens (tertiary/aromatic N) is 4. The lowest BCUT2D eigenvalue weighted by Crippen LogP contribution is -2.24. The molecule has 0 aliphatic heterocycles. The average molecular weight is 366 g/mol. The van der Waals surface area contributed by atoms with E-state index in [-0.39, 0.29) is 10.9 Å². The number of fused-ring (bicyclic) bond motifs is 1. The Morgan fingerprint density at radius 3 is 2.67 bits per heavy atom. The molecule has 3 rings (SSSR count). The van der Waals surface area contributed by atoms with Gasteiger partial charge in [-0.05, 0) is 39.2 Å². The van der Waals surface area contributed by atoms with Gasteiger partial charge in [0.1, 0.15) is 5.56 Å². The van der Waals surface area contributed by atoms with E-state index < -0.39 is 11.3 Å². The molecule has 3 N–H and O–H groups in total. The first-order chi connectivity index (χ1) is 13.0. The number of pyridine rings is 1. The van der Waals surface area contributed by atoms with Crippen molar-refractivity contribution < 1.29 is 4.79 Å². The van der Waals surface area contributed by atoms with Crippen LogP contribution in [0.1, 0.15) is 16.8 Å². The molecule has 0 aliphatic rings. The monoisotopic (exact) mass is 366 g/mol. The predicted octanol–water partition coefficient (Wildman–Crippen LogP) is 1.24. The highest BCUT2D eigenvalue weighted by Gasteiger charge is 2.16. The number of aromatic nitrogens is 3. The summed E-state index contributed by atoms with van der Waals surface area (Å²) in [5.74, 6) is -0.352. The number of nitrogens with one attached hydrogen (secondary N) is 1. The van der Waals surface area contributed by atoms with E-state index in [0.717, 1.165) is 18.7 Å². The Labute approximate surface area is 156 Å². The second kappa shape index (κ2) is 7.96. The highest BCUT2D eigenvalue weighted by atomic mass is 16.2. The highest BCUT2D eigenvalue weighted by molar-refractivity contribution is 5.96. The summed E-state index contributed by atoms with van der Waals surface area (Å²) in [4.78, 5) is 35.1. The number of amides is 1. The quantitative estimate of drug-likeness (QED) is 0.610. The zero-order valence-electron chi connectivity index (χ0n) is 15.3. The summed E-state index contributed by atoms with van der Waals surface area (Å²) in [6.45, 7) is 1.65. The molecule has 0 radical (unpaired) electrons. The van der Waals surface area contributed by atoms with Crippen LogP contribution in [0.4, 0.5) is 5.95 Å². The van der Waals surface area contributed by atoms with E-state index in [2.05, 4.69) is 20.2 Å². The number of benzene rings is 1. The minimum atomic E-state index is -0.780. The van der Waals surface area contributed by atoms with Crippen molar-refractivity contribution in [2.45, 2.75) is 6.42 Å². The van der Waals surface area contributed by atoms with Crippen LogP contribution in [0, 0.1) is 0 Å². The molecule has 0 spiro atoms. The lowest BCUT2D eigenvalue weighted by molar-refractivity contribution is 0.0999. The van der Waals surface area contributed by atoms with Crippen LogP contribution in [0.2, 0.25) is 0 Å². The van der Waals surface area contributed by atoms with Gasteiger partial charge in [0.25, 0.3) is 5.91 Å². The molecule has 1 amide bonds. The molecule has 140 valence electrons. The minimum absolute atomic E-state index is 0.0957. The second-order valence-electron chi connectivity index (χ2n) is 6.46. The van der Waals surface area contributed by atoms with Gasteiger partial charge in [0.2, 0.25) is 11.4 Å². The third-order valence-electron chi connectivity index (χ3n) is 4.11. The van der Waals surface area contributed by atoms with Gasteiger partial charge in [-0.3, -0.25) is 9.59 Å². The summed E-state index contributed by atoms with van der Waals surface area (Å²) in [5.41, 5.74) is 6.00. The van der Waals surface area contributed by atoms with Crippen molar-refractivity contribution in [1.82, 2.24) is 19.4 Å². The number of para-hydroxylation sites is 1. The van der Waals surface area contributed by atoms with E-state index in [1.54, 1.807) is 4.57 Å². The molecule has 0 aliphatic carbocycles. The molecule has 0 saturated carbocycles. The van der Waals surface area contributed by atoms with E-state index in [4.69, 9.17) is 5.73 Å².